The summed E-state index contributed by atoms with van der Waals surface area (Å²) in [6.45, 7) is 15.0. The van der Waals surface area contributed by atoms with E-state index in [0.29, 0.717) is 26.4 Å². The highest BCUT2D eigenvalue weighted by Gasteiger charge is 2.28. The van der Waals surface area contributed by atoms with Gasteiger partial charge in [0, 0.05) is 65.4 Å². The highest BCUT2D eigenvalue weighted by atomic mass is 32.1. The molecule has 0 aromatic carbocycles. The van der Waals surface area contributed by atoms with Crippen molar-refractivity contribution in [3.63, 3.8) is 0 Å². The largest absolute Gasteiger partial charge is 0.485 e. The Hall–Kier alpha value is -1.64. The van der Waals surface area contributed by atoms with Gasteiger partial charge in [-0.15, -0.1) is 22.7 Å². The van der Waals surface area contributed by atoms with Crippen LogP contribution in [-0.2, 0) is 35.7 Å². The Morgan fingerprint density at radius 3 is 1.25 bits per heavy atom. The molecule has 2 aromatic heterocycles. The van der Waals surface area contributed by atoms with E-state index in [2.05, 4.69) is 33.7 Å². The first-order valence-corrected chi connectivity index (χ1v) is 16.0. The molecular formula is C28H42N4O6S2. The van der Waals surface area contributed by atoms with Gasteiger partial charge in [-0.2, -0.15) is 0 Å². The monoisotopic (exact) mass is 594 g/mol. The average molecular weight is 595 g/mol. The summed E-state index contributed by atoms with van der Waals surface area (Å²) in [6, 6.07) is 0. The number of fused-ring (bicyclic) bond motifs is 2. The highest BCUT2D eigenvalue weighted by molar-refractivity contribution is 7.13. The van der Waals surface area contributed by atoms with E-state index in [1.807, 2.05) is 22.7 Å². The molecule has 10 nitrogen and oxygen atoms in total. The molecule has 40 heavy (non-hydrogen) atoms. The molecule has 6 rings (SSSR count). The molecule has 0 radical (unpaired) electrons. The number of hydrogen-bond acceptors (Lipinski definition) is 12. The van der Waals surface area contributed by atoms with Crippen LogP contribution >= 0.6 is 22.7 Å². The molecule has 2 aromatic rings. The fraction of sp³-hybridized carbons (Fsp3) is 0.714. The van der Waals surface area contributed by atoms with Gasteiger partial charge in [0.2, 0.25) is 0 Å². The SMILES string of the molecule is CN(CCN(C)Cc1sc(CN2CCOCC2)c2c1OCCO2)Cc1sc(CN2CCOCC2)c2c1OCCO2. The van der Waals surface area contributed by atoms with Gasteiger partial charge in [0.05, 0.1) is 45.9 Å². The maximum Gasteiger partial charge on any atom is 0.176 e. The van der Waals surface area contributed by atoms with E-state index in [1.54, 1.807) is 0 Å². The van der Waals surface area contributed by atoms with Crippen molar-refractivity contribution in [2.75, 3.05) is 106 Å². The summed E-state index contributed by atoms with van der Waals surface area (Å²) in [4.78, 5) is 14.7. The van der Waals surface area contributed by atoms with Crippen LogP contribution in [0.25, 0.3) is 0 Å². The molecule has 4 aliphatic heterocycles. The van der Waals surface area contributed by atoms with Gasteiger partial charge in [0.15, 0.2) is 23.0 Å². The fourth-order valence-electron chi connectivity index (χ4n) is 5.48. The van der Waals surface area contributed by atoms with Crippen molar-refractivity contribution in [2.24, 2.45) is 0 Å². The maximum atomic E-state index is 6.11. The Bertz CT molecular complexity index is 1030. The van der Waals surface area contributed by atoms with Gasteiger partial charge >= 0.3 is 0 Å². The summed E-state index contributed by atoms with van der Waals surface area (Å²) in [7, 11) is 4.38. The lowest BCUT2D eigenvalue weighted by Crippen LogP contribution is -2.35. The highest BCUT2D eigenvalue weighted by Crippen LogP contribution is 2.46. The molecule has 2 fully saturated rings. The van der Waals surface area contributed by atoms with E-state index in [9.17, 15) is 0 Å². The van der Waals surface area contributed by atoms with Crippen LogP contribution < -0.4 is 18.9 Å². The second-order valence-electron chi connectivity index (χ2n) is 10.9. The van der Waals surface area contributed by atoms with Gasteiger partial charge in [-0.25, -0.2) is 0 Å². The van der Waals surface area contributed by atoms with Crippen LogP contribution in [0, 0.1) is 0 Å². The van der Waals surface area contributed by atoms with E-state index in [-0.39, 0.29) is 0 Å². The van der Waals surface area contributed by atoms with Crippen molar-refractivity contribution in [3.8, 4) is 23.0 Å². The molecule has 12 heteroatoms. The summed E-state index contributed by atoms with van der Waals surface area (Å²) in [5.74, 6) is 3.83. The standard InChI is InChI=1S/C28H42N4O6S2/c1-29(17-21-25-27(37-15-13-35-25)23(39-21)19-31-5-9-33-10-6-31)3-4-30(2)18-22-26-28(38-16-14-36-26)24(40-22)20-32-7-11-34-12-8-32/h3-20H2,1-2H3. The molecule has 0 saturated carbocycles. The summed E-state index contributed by atoms with van der Waals surface area (Å²) in [5.41, 5.74) is 0. The Labute approximate surface area is 245 Å². The molecule has 2 saturated heterocycles. The maximum absolute atomic E-state index is 6.11. The molecule has 0 amide bonds. The third-order valence-electron chi connectivity index (χ3n) is 7.70. The van der Waals surface area contributed by atoms with Gasteiger partial charge in [0.25, 0.3) is 0 Å². The summed E-state index contributed by atoms with van der Waals surface area (Å²) in [6.07, 6.45) is 0. The molecule has 0 unspecified atom stereocenters. The smallest absolute Gasteiger partial charge is 0.176 e. The van der Waals surface area contributed by atoms with Crippen LogP contribution in [-0.4, -0.2) is 126 Å². The minimum Gasteiger partial charge on any atom is -0.485 e. The first-order chi connectivity index (χ1) is 19.6. The molecule has 0 spiro atoms. The molecular weight excluding hydrogens is 552 g/mol. The third kappa shape index (κ3) is 6.87. The lowest BCUT2D eigenvalue weighted by molar-refractivity contribution is 0.0340. The predicted molar refractivity (Wildman–Crippen MR) is 155 cm³/mol. The molecule has 222 valence electrons. The van der Waals surface area contributed by atoms with Gasteiger partial charge in [-0.3, -0.25) is 19.6 Å². The Kier molecular flexibility index (Phi) is 9.65. The van der Waals surface area contributed by atoms with Gasteiger partial charge in [-0.05, 0) is 14.1 Å². The van der Waals surface area contributed by atoms with E-state index in [0.717, 1.165) is 115 Å². The second kappa shape index (κ2) is 13.6. The number of morpholine rings is 2. The van der Waals surface area contributed by atoms with Crippen LogP contribution in [0.2, 0.25) is 0 Å². The number of ether oxygens (including phenoxy) is 6. The lowest BCUT2D eigenvalue weighted by atomic mass is 10.3. The van der Waals surface area contributed by atoms with E-state index < -0.39 is 0 Å². The number of rotatable bonds is 11. The van der Waals surface area contributed by atoms with Gasteiger partial charge in [-0.1, -0.05) is 0 Å². The first-order valence-electron chi connectivity index (χ1n) is 14.4. The van der Waals surface area contributed by atoms with Crippen LogP contribution in [0.1, 0.15) is 19.5 Å². The first kappa shape index (κ1) is 28.5. The zero-order chi connectivity index (χ0) is 27.3. The Morgan fingerprint density at radius 1 is 0.525 bits per heavy atom. The molecule has 0 aliphatic carbocycles. The minimum atomic E-state index is 0.616. The number of likely N-dealkylation sites (N-methyl/N-ethyl adjacent to an activating group) is 2. The van der Waals surface area contributed by atoms with Crippen molar-refractivity contribution in [1.29, 1.82) is 0 Å². The average Bonchev–Trinajstić information content (AvgIpc) is 3.50. The zero-order valence-corrected chi connectivity index (χ0v) is 25.4. The zero-order valence-electron chi connectivity index (χ0n) is 23.8. The number of hydrogen-bond donors (Lipinski definition) is 0. The summed E-state index contributed by atoms with van der Waals surface area (Å²) in [5, 5.41) is 0. The van der Waals surface area contributed by atoms with Crippen LogP contribution in [0.15, 0.2) is 0 Å². The van der Waals surface area contributed by atoms with E-state index in [4.69, 9.17) is 28.4 Å². The van der Waals surface area contributed by atoms with Crippen molar-refractivity contribution in [3.05, 3.63) is 19.5 Å². The number of nitrogens with zero attached hydrogens (tertiary/aromatic N) is 4. The molecule has 0 N–H and O–H groups in total. The second-order valence-corrected chi connectivity index (χ2v) is 13.2. The Morgan fingerprint density at radius 2 is 0.875 bits per heavy atom. The van der Waals surface area contributed by atoms with Gasteiger partial charge in [0.1, 0.15) is 26.4 Å². The van der Waals surface area contributed by atoms with E-state index in [1.165, 1.54) is 19.5 Å². The number of thiophene rings is 2. The quantitative estimate of drug-likeness (QED) is 0.388. The lowest BCUT2D eigenvalue weighted by Gasteiger charge is -2.26. The van der Waals surface area contributed by atoms with Crippen LogP contribution in [0.4, 0.5) is 0 Å². The molecule has 6 heterocycles. The van der Waals surface area contributed by atoms with Crippen molar-refractivity contribution < 1.29 is 28.4 Å². The normalized spacial score (nSPS) is 20.0. The predicted octanol–water partition coefficient (Wildman–Crippen LogP) is 2.58. The van der Waals surface area contributed by atoms with Crippen molar-refractivity contribution in [2.45, 2.75) is 26.2 Å². The van der Waals surface area contributed by atoms with E-state index >= 15 is 0 Å². The molecule has 0 bridgehead atoms. The van der Waals surface area contributed by atoms with Crippen molar-refractivity contribution in [1.82, 2.24) is 19.6 Å². The third-order valence-corrected chi connectivity index (χ3v) is 9.95. The van der Waals surface area contributed by atoms with Crippen molar-refractivity contribution >= 4 is 22.7 Å². The fourth-order valence-corrected chi connectivity index (χ4v) is 8.12. The van der Waals surface area contributed by atoms with Crippen LogP contribution in [0.3, 0.4) is 0 Å². The minimum absolute atomic E-state index is 0.616. The Balaban J connectivity index is 1.05. The summed E-state index contributed by atoms with van der Waals surface area (Å²) >= 11 is 3.68. The topological polar surface area (TPSA) is 68.3 Å². The van der Waals surface area contributed by atoms with Crippen LogP contribution in [0.5, 0.6) is 23.0 Å². The molecule has 0 atom stereocenters. The van der Waals surface area contributed by atoms with Gasteiger partial charge < -0.3 is 28.4 Å². The summed E-state index contributed by atoms with van der Waals surface area (Å²) < 4.78 is 35.5. The molecule has 4 aliphatic rings.